The monoisotopic (exact) mass is 380 g/mol. The Morgan fingerprint density at radius 3 is 2.61 bits per heavy atom. The first-order chi connectivity index (χ1) is 8.60. The van der Waals surface area contributed by atoms with Gasteiger partial charge in [-0.15, -0.1) is 6.58 Å². The predicted molar refractivity (Wildman–Crippen MR) is 94.8 cm³/mol. The van der Waals surface area contributed by atoms with Gasteiger partial charge < -0.3 is 0 Å². The summed E-state index contributed by atoms with van der Waals surface area (Å²) in [6, 6.07) is 0. The van der Waals surface area contributed by atoms with Gasteiger partial charge in [-0.05, 0) is 49.4 Å². The molecule has 1 aliphatic rings. The van der Waals surface area contributed by atoms with Gasteiger partial charge >= 0.3 is 0 Å². The molecule has 0 saturated heterocycles. The second kappa shape index (κ2) is 8.89. The van der Waals surface area contributed by atoms with E-state index >= 15 is 0 Å². The maximum atomic E-state index is 3.95. The maximum absolute atomic E-state index is 3.95. The molecule has 0 N–H and O–H groups in total. The molecule has 106 valence electrons. The first-order valence-electron chi connectivity index (χ1n) is 7.38. The summed E-state index contributed by atoms with van der Waals surface area (Å²) in [6.45, 7) is 11.2. The highest BCUT2D eigenvalue weighted by molar-refractivity contribution is 14.1. The summed E-state index contributed by atoms with van der Waals surface area (Å²) in [7, 11) is 0. The minimum atomic E-state index is 0.804. The summed E-state index contributed by atoms with van der Waals surface area (Å²) < 4.78 is 1.29. The zero-order valence-electron chi connectivity index (χ0n) is 12.2. The van der Waals surface area contributed by atoms with Crippen molar-refractivity contribution in [1.29, 1.82) is 0 Å². The number of alkyl halides is 1. The molecule has 2 heteroatoms. The van der Waals surface area contributed by atoms with E-state index in [1.807, 2.05) is 0 Å². The van der Waals surface area contributed by atoms with Crippen LogP contribution in [0.15, 0.2) is 12.7 Å². The Morgan fingerprint density at radius 2 is 2.11 bits per heavy atom. The van der Waals surface area contributed by atoms with Crippen molar-refractivity contribution in [2.75, 3.05) is 10.2 Å². The molecule has 0 aromatic heterocycles. The van der Waals surface area contributed by atoms with Gasteiger partial charge in [0.05, 0.1) is 0 Å². The SMILES string of the molecule is C=CC[C@@H](C(C)C)C1CC[C@H](SCCI)[C@H](C)C1. The van der Waals surface area contributed by atoms with Crippen molar-refractivity contribution < 1.29 is 0 Å². The molecule has 0 nitrogen and oxygen atoms in total. The van der Waals surface area contributed by atoms with Gasteiger partial charge in [0.2, 0.25) is 0 Å². The molecule has 0 radical (unpaired) electrons. The van der Waals surface area contributed by atoms with Crippen molar-refractivity contribution in [2.24, 2.45) is 23.7 Å². The quantitative estimate of drug-likeness (QED) is 0.305. The molecule has 0 amide bonds. The average Bonchev–Trinajstić information content (AvgIpc) is 2.34. The summed E-state index contributed by atoms with van der Waals surface area (Å²) in [4.78, 5) is 0. The molecular formula is C16H29IS. The summed E-state index contributed by atoms with van der Waals surface area (Å²) in [5.41, 5.74) is 0. The van der Waals surface area contributed by atoms with Crippen molar-refractivity contribution in [2.45, 2.75) is 51.7 Å². The van der Waals surface area contributed by atoms with Crippen LogP contribution in [0.1, 0.15) is 46.5 Å². The number of rotatable bonds is 7. The lowest BCUT2D eigenvalue weighted by Crippen LogP contribution is -2.31. The third-order valence-corrected chi connectivity index (χ3v) is 7.28. The lowest BCUT2D eigenvalue weighted by atomic mass is 9.70. The molecule has 0 heterocycles. The Labute approximate surface area is 132 Å². The highest BCUT2D eigenvalue weighted by Crippen LogP contribution is 2.42. The minimum absolute atomic E-state index is 0.804. The van der Waals surface area contributed by atoms with E-state index in [0.29, 0.717) is 0 Å². The lowest BCUT2D eigenvalue weighted by Gasteiger charge is -2.39. The number of allylic oxidation sites excluding steroid dienone is 1. The second-order valence-corrected chi connectivity index (χ2v) is 8.51. The average molecular weight is 380 g/mol. The fourth-order valence-corrected chi connectivity index (χ4v) is 5.34. The molecular weight excluding hydrogens is 351 g/mol. The van der Waals surface area contributed by atoms with Gasteiger partial charge in [0.1, 0.15) is 0 Å². The van der Waals surface area contributed by atoms with Crippen LogP contribution in [0.2, 0.25) is 0 Å². The van der Waals surface area contributed by atoms with Crippen molar-refractivity contribution in [3.05, 3.63) is 12.7 Å². The molecule has 0 spiro atoms. The van der Waals surface area contributed by atoms with E-state index in [4.69, 9.17) is 0 Å². The van der Waals surface area contributed by atoms with E-state index in [9.17, 15) is 0 Å². The van der Waals surface area contributed by atoms with E-state index in [1.54, 1.807) is 0 Å². The molecule has 0 aromatic carbocycles. The van der Waals surface area contributed by atoms with Crippen molar-refractivity contribution in [3.63, 3.8) is 0 Å². The van der Waals surface area contributed by atoms with E-state index in [0.717, 1.165) is 28.9 Å². The number of halogens is 1. The van der Waals surface area contributed by atoms with Crippen LogP contribution in [0.4, 0.5) is 0 Å². The normalized spacial score (nSPS) is 30.4. The highest BCUT2D eigenvalue weighted by Gasteiger charge is 2.32. The topological polar surface area (TPSA) is 0 Å². The van der Waals surface area contributed by atoms with Crippen LogP contribution in [-0.4, -0.2) is 15.4 Å². The van der Waals surface area contributed by atoms with E-state index in [-0.39, 0.29) is 0 Å². The fourth-order valence-electron chi connectivity index (χ4n) is 3.44. The summed E-state index contributed by atoms with van der Waals surface area (Å²) in [6.07, 6.45) is 7.66. The first-order valence-corrected chi connectivity index (χ1v) is 9.96. The maximum Gasteiger partial charge on any atom is 0.00864 e. The lowest BCUT2D eigenvalue weighted by molar-refractivity contribution is 0.170. The van der Waals surface area contributed by atoms with Crippen molar-refractivity contribution >= 4 is 34.4 Å². The van der Waals surface area contributed by atoms with Crippen LogP contribution in [0.3, 0.4) is 0 Å². The molecule has 1 fully saturated rings. The minimum Gasteiger partial charge on any atom is -0.158 e. The molecule has 18 heavy (non-hydrogen) atoms. The molecule has 0 aromatic rings. The number of thioether (sulfide) groups is 1. The van der Waals surface area contributed by atoms with Gasteiger partial charge in [-0.3, -0.25) is 0 Å². The van der Waals surface area contributed by atoms with Crippen LogP contribution < -0.4 is 0 Å². The third kappa shape index (κ3) is 5.07. The van der Waals surface area contributed by atoms with Gasteiger partial charge in [-0.25, -0.2) is 0 Å². The Balaban J connectivity index is 2.50. The molecule has 1 rings (SSSR count). The van der Waals surface area contributed by atoms with Crippen LogP contribution in [-0.2, 0) is 0 Å². The van der Waals surface area contributed by atoms with Crippen LogP contribution in [0.25, 0.3) is 0 Å². The summed E-state index contributed by atoms with van der Waals surface area (Å²) >= 11 is 4.71. The summed E-state index contributed by atoms with van der Waals surface area (Å²) in [5, 5.41) is 0.924. The molecule has 1 aliphatic carbocycles. The molecule has 4 atom stereocenters. The second-order valence-electron chi connectivity index (χ2n) is 6.08. The third-order valence-electron chi connectivity index (χ3n) is 4.44. The van der Waals surface area contributed by atoms with Crippen LogP contribution in [0.5, 0.6) is 0 Å². The summed E-state index contributed by atoms with van der Waals surface area (Å²) in [5.74, 6) is 4.84. The van der Waals surface area contributed by atoms with Gasteiger partial charge in [0, 0.05) is 15.4 Å². The molecule has 0 aliphatic heterocycles. The van der Waals surface area contributed by atoms with E-state index in [2.05, 4.69) is 67.8 Å². The Bertz CT molecular complexity index is 239. The largest absolute Gasteiger partial charge is 0.158 e. The Kier molecular flexibility index (Phi) is 8.33. The smallest absolute Gasteiger partial charge is 0.00864 e. The predicted octanol–water partition coefficient (Wildman–Crippen LogP) is 5.81. The fraction of sp³-hybridized carbons (Fsp3) is 0.875. The van der Waals surface area contributed by atoms with Crippen LogP contribution >= 0.6 is 34.4 Å². The highest BCUT2D eigenvalue weighted by atomic mass is 127. The molecule has 1 saturated carbocycles. The molecule has 1 unspecified atom stereocenters. The first kappa shape index (κ1) is 16.9. The molecule has 0 bridgehead atoms. The van der Waals surface area contributed by atoms with Gasteiger partial charge in [-0.2, -0.15) is 11.8 Å². The zero-order chi connectivity index (χ0) is 13.5. The van der Waals surface area contributed by atoms with E-state index in [1.165, 1.54) is 35.9 Å². The van der Waals surface area contributed by atoms with E-state index < -0.39 is 0 Å². The standard InChI is InChI=1S/C16H29IS/c1-5-6-15(12(2)3)14-7-8-16(13(4)11-14)18-10-9-17/h5,12-16H,1,6-11H2,2-4H3/t13-,14?,15+,16+/m1/s1. The van der Waals surface area contributed by atoms with Gasteiger partial charge in [0.25, 0.3) is 0 Å². The van der Waals surface area contributed by atoms with Gasteiger partial charge in [0.15, 0.2) is 0 Å². The van der Waals surface area contributed by atoms with Crippen molar-refractivity contribution in [3.8, 4) is 0 Å². The Hall–Kier alpha value is 0.820. The number of hydrogen-bond donors (Lipinski definition) is 0. The van der Waals surface area contributed by atoms with Crippen LogP contribution in [0, 0.1) is 23.7 Å². The van der Waals surface area contributed by atoms with Crippen molar-refractivity contribution in [1.82, 2.24) is 0 Å². The number of hydrogen-bond acceptors (Lipinski definition) is 1. The van der Waals surface area contributed by atoms with Gasteiger partial charge in [-0.1, -0.05) is 49.4 Å². The Morgan fingerprint density at radius 1 is 1.39 bits per heavy atom. The zero-order valence-corrected chi connectivity index (χ0v) is 15.2.